The molecule has 0 aliphatic carbocycles. The fourth-order valence-corrected chi connectivity index (χ4v) is 3.09. The molecule has 1 amide bonds. The van der Waals surface area contributed by atoms with Gasteiger partial charge in [-0.05, 0) is 36.4 Å². The van der Waals surface area contributed by atoms with Crippen molar-refractivity contribution in [2.45, 2.75) is 4.90 Å². The average Bonchev–Trinajstić information content (AvgIpc) is 3.02. The Morgan fingerprint density at radius 3 is 2.50 bits per heavy atom. The Kier molecular flexibility index (Phi) is 4.08. The molecular formula is C16H16N4O3S. The van der Waals surface area contributed by atoms with Crippen molar-refractivity contribution in [3.63, 3.8) is 0 Å². The molecule has 3 aromatic rings. The molecule has 2 heterocycles. The van der Waals surface area contributed by atoms with Gasteiger partial charge in [-0.1, -0.05) is 0 Å². The molecule has 8 heteroatoms. The lowest BCUT2D eigenvalue weighted by atomic mass is 10.2. The third-order valence-corrected chi connectivity index (χ3v) is 5.37. The summed E-state index contributed by atoms with van der Waals surface area (Å²) in [5, 5.41) is 2.77. The molecule has 0 aliphatic heterocycles. The Morgan fingerprint density at radius 1 is 1.12 bits per heavy atom. The van der Waals surface area contributed by atoms with E-state index in [1.807, 2.05) is 0 Å². The van der Waals surface area contributed by atoms with Gasteiger partial charge in [0.25, 0.3) is 5.91 Å². The van der Waals surface area contributed by atoms with Gasteiger partial charge in [-0.15, -0.1) is 0 Å². The zero-order valence-corrected chi connectivity index (χ0v) is 14.0. The van der Waals surface area contributed by atoms with Crippen molar-refractivity contribution in [2.75, 3.05) is 19.4 Å². The van der Waals surface area contributed by atoms with Crippen LogP contribution in [0, 0.1) is 0 Å². The fourth-order valence-electron chi connectivity index (χ4n) is 2.19. The standard InChI is InChI=1S/C16H16N4O3S/c1-19(2)24(22,23)14-6-3-12(4-7-14)16(21)18-13-5-8-15-17-9-10-20(15)11-13/h3-11H,1-2H3,(H,18,21). The Hall–Kier alpha value is -2.71. The summed E-state index contributed by atoms with van der Waals surface area (Å²) >= 11 is 0. The van der Waals surface area contributed by atoms with Crippen LogP contribution >= 0.6 is 0 Å². The Labute approximate surface area is 139 Å². The number of carbonyl (C=O) groups excluding carboxylic acids is 1. The Bertz CT molecular complexity index is 992. The lowest BCUT2D eigenvalue weighted by Crippen LogP contribution is -2.22. The second-order valence-corrected chi connectivity index (χ2v) is 7.53. The predicted octanol–water partition coefficient (Wildman–Crippen LogP) is 1.84. The van der Waals surface area contributed by atoms with Gasteiger partial charge in [0.05, 0.1) is 10.6 Å². The molecule has 124 valence electrons. The van der Waals surface area contributed by atoms with Crippen molar-refractivity contribution in [3.8, 4) is 0 Å². The molecule has 24 heavy (non-hydrogen) atoms. The molecule has 0 fully saturated rings. The second-order valence-electron chi connectivity index (χ2n) is 5.38. The number of rotatable bonds is 4. The summed E-state index contributed by atoms with van der Waals surface area (Å²) in [6, 6.07) is 9.36. The zero-order chi connectivity index (χ0) is 17.3. The van der Waals surface area contributed by atoms with E-state index >= 15 is 0 Å². The van der Waals surface area contributed by atoms with E-state index in [-0.39, 0.29) is 10.8 Å². The molecule has 1 N–H and O–H groups in total. The number of nitrogens with one attached hydrogen (secondary N) is 1. The topological polar surface area (TPSA) is 83.8 Å². The number of imidazole rings is 1. The number of aromatic nitrogens is 2. The van der Waals surface area contributed by atoms with E-state index in [4.69, 9.17) is 0 Å². The maximum atomic E-state index is 12.3. The van der Waals surface area contributed by atoms with Gasteiger partial charge in [0.15, 0.2) is 0 Å². The highest BCUT2D eigenvalue weighted by molar-refractivity contribution is 7.89. The van der Waals surface area contributed by atoms with E-state index in [9.17, 15) is 13.2 Å². The van der Waals surface area contributed by atoms with Crippen LogP contribution in [0.25, 0.3) is 5.65 Å². The van der Waals surface area contributed by atoms with E-state index in [1.54, 1.807) is 35.1 Å². The zero-order valence-electron chi connectivity index (χ0n) is 13.2. The van der Waals surface area contributed by atoms with E-state index in [0.29, 0.717) is 11.3 Å². The molecule has 0 atom stereocenters. The summed E-state index contributed by atoms with van der Waals surface area (Å²) in [7, 11) is -0.584. The van der Waals surface area contributed by atoms with Crippen LogP contribution in [0.1, 0.15) is 10.4 Å². The number of pyridine rings is 1. The van der Waals surface area contributed by atoms with E-state index < -0.39 is 10.0 Å². The van der Waals surface area contributed by atoms with Crippen molar-refractivity contribution in [1.29, 1.82) is 0 Å². The lowest BCUT2D eigenvalue weighted by molar-refractivity contribution is 0.102. The quantitative estimate of drug-likeness (QED) is 0.783. The van der Waals surface area contributed by atoms with Crippen molar-refractivity contribution in [2.24, 2.45) is 0 Å². The second kappa shape index (κ2) is 6.06. The highest BCUT2D eigenvalue weighted by atomic mass is 32.2. The molecular weight excluding hydrogens is 328 g/mol. The number of sulfonamides is 1. The van der Waals surface area contributed by atoms with Crippen LogP contribution in [0.4, 0.5) is 5.69 Å². The number of fused-ring (bicyclic) bond motifs is 1. The largest absolute Gasteiger partial charge is 0.321 e. The number of hydrogen-bond donors (Lipinski definition) is 1. The third-order valence-electron chi connectivity index (χ3n) is 3.54. The molecule has 0 saturated carbocycles. The summed E-state index contributed by atoms with van der Waals surface area (Å²) in [6.45, 7) is 0. The molecule has 0 unspecified atom stereocenters. The summed E-state index contributed by atoms with van der Waals surface area (Å²) in [5.41, 5.74) is 1.78. The first-order chi connectivity index (χ1) is 11.4. The van der Waals surface area contributed by atoms with Crippen molar-refractivity contribution >= 4 is 27.3 Å². The number of hydrogen-bond acceptors (Lipinski definition) is 4. The minimum Gasteiger partial charge on any atom is -0.321 e. The summed E-state index contributed by atoms with van der Waals surface area (Å²) in [6.07, 6.45) is 5.21. The first kappa shape index (κ1) is 16.2. The predicted molar refractivity (Wildman–Crippen MR) is 90.5 cm³/mol. The number of anilines is 1. The van der Waals surface area contributed by atoms with Gasteiger partial charge in [-0.3, -0.25) is 4.79 Å². The average molecular weight is 344 g/mol. The monoisotopic (exact) mass is 344 g/mol. The molecule has 0 saturated heterocycles. The van der Waals surface area contributed by atoms with Crippen LogP contribution in [0.15, 0.2) is 59.9 Å². The van der Waals surface area contributed by atoms with Crippen LogP contribution in [0.5, 0.6) is 0 Å². The molecule has 0 spiro atoms. The molecule has 1 aromatic carbocycles. The molecule has 2 aromatic heterocycles. The molecule has 0 bridgehead atoms. The SMILES string of the molecule is CN(C)S(=O)(=O)c1ccc(C(=O)Nc2ccc3nccn3c2)cc1. The van der Waals surface area contributed by atoms with Crippen LogP contribution < -0.4 is 5.32 Å². The Balaban J connectivity index is 1.80. The van der Waals surface area contributed by atoms with Crippen LogP contribution in [-0.4, -0.2) is 42.1 Å². The fraction of sp³-hybridized carbons (Fsp3) is 0.125. The van der Waals surface area contributed by atoms with Crippen molar-refractivity contribution in [3.05, 3.63) is 60.6 Å². The molecule has 0 radical (unpaired) electrons. The van der Waals surface area contributed by atoms with Crippen LogP contribution in [0.2, 0.25) is 0 Å². The summed E-state index contributed by atoms with van der Waals surface area (Å²) in [4.78, 5) is 16.6. The minimum absolute atomic E-state index is 0.142. The van der Waals surface area contributed by atoms with Crippen LogP contribution in [0.3, 0.4) is 0 Å². The van der Waals surface area contributed by atoms with Crippen molar-refractivity contribution in [1.82, 2.24) is 13.7 Å². The maximum Gasteiger partial charge on any atom is 0.255 e. The van der Waals surface area contributed by atoms with Crippen molar-refractivity contribution < 1.29 is 13.2 Å². The van der Waals surface area contributed by atoms with Gasteiger partial charge in [0.1, 0.15) is 5.65 Å². The molecule has 3 rings (SSSR count). The normalized spacial score (nSPS) is 11.8. The number of nitrogens with zero attached hydrogens (tertiary/aromatic N) is 3. The van der Waals surface area contributed by atoms with Gasteiger partial charge in [-0.25, -0.2) is 17.7 Å². The van der Waals surface area contributed by atoms with Gasteiger partial charge < -0.3 is 9.72 Å². The third kappa shape index (κ3) is 3.01. The summed E-state index contributed by atoms with van der Waals surface area (Å²) < 4.78 is 27.0. The maximum absolute atomic E-state index is 12.3. The molecule has 0 aliphatic rings. The number of carbonyl (C=O) groups is 1. The first-order valence-electron chi connectivity index (χ1n) is 7.14. The molecule has 7 nitrogen and oxygen atoms in total. The van der Waals surface area contributed by atoms with Gasteiger partial charge in [-0.2, -0.15) is 0 Å². The minimum atomic E-state index is -3.50. The highest BCUT2D eigenvalue weighted by Crippen LogP contribution is 2.16. The summed E-state index contributed by atoms with van der Waals surface area (Å²) in [5.74, 6) is -0.316. The van der Waals surface area contributed by atoms with Gasteiger partial charge in [0, 0.05) is 38.2 Å². The van der Waals surface area contributed by atoms with Gasteiger partial charge >= 0.3 is 0 Å². The van der Waals surface area contributed by atoms with E-state index in [1.165, 1.54) is 38.4 Å². The van der Waals surface area contributed by atoms with E-state index in [2.05, 4.69) is 10.3 Å². The lowest BCUT2D eigenvalue weighted by Gasteiger charge is -2.11. The number of amides is 1. The number of benzene rings is 1. The van der Waals surface area contributed by atoms with E-state index in [0.717, 1.165) is 9.95 Å². The van der Waals surface area contributed by atoms with Gasteiger partial charge in [0.2, 0.25) is 10.0 Å². The Morgan fingerprint density at radius 2 is 1.83 bits per heavy atom. The smallest absolute Gasteiger partial charge is 0.255 e. The highest BCUT2D eigenvalue weighted by Gasteiger charge is 2.17. The van der Waals surface area contributed by atoms with Crippen LogP contribution in [-0.2, 0) is 10.0 Å². The first-order valence-corrected chi connectivity index (χ1v) is 8.58.